The van der Waals surface area contributed by atoms with Crippen LogP contribution in [0.4, 0.5) is 0 Å². The molecule has 101 valence electrons. The van der Waals surface area contributed by atoms with Crippen molar-refractivity contribution in [3.63, 3.8) is 0 Å². The summed E-state index contributed by atoms with van der Waals surface area (Å²) in [5.74, 6) is 0.120. The van der Waals surface area contributed by atoms with Gasteiger partial charge >= 0.3 is 0 Å². The van der Waals surface area contributed by atoms with Gasteiger partial charge < -0.3 is 5.32 Å². The van der Waals surface area contributed by atoms with E-state index in [4.69, 9.17) is 0 Å². The van der Waals surface area contributed by atoms with Crippen LogP contribution in [0.15, 0.2) is 0 Å². The van der Waals surface area contributed by atoms with Crippen LogP contribution in [-0.2, 0) is 9.59 Å². The lowest BCUT2D eigenvalue weighted by molar-refractivity contribution is -0.137. The minimum absolute atomic E-state index is 0.00859. The van der Waals surface area contributed by atoms with Crippen molar-refractivity contribution in [2.75, 3.05) is 0 Å². The van der Waals surface area contributed by atoms with Crippen LogP contribution in [-0.4, -0.2) is 35.0 Å². The molecule has 0 aliphatic carbocycles. The lowest BCUT2D eigenvalue weighted by Gasteiger charge is -2.47. The van der Waals surface area contributed by atoms with Crippen molar-refractivity contribution in [1.82, 2.24) is 5.32 Å². The van der Waals surface area contributed by atoms with E-state index in [1.54, 1.807) is 11.8 Å². The monoisotopic (exact) mass is 268 g/mol. The van der Waals surface area contributed by atoms with Crippen LogP contribution in [0.3, 0.4) is 0 Å². The highest BCUT2D eigenvalue weighted by atomic mass is 32.2. The molecule has 0 bridgehead atoms. The maximum absolute atomic E-state index is 12.4. The van der Waals surface area contributed by atoms with Crippen molar-refractivity contribution in [2.24, 2.45) is 0 Å². The zero-order valence-corrected chi connectivity index (χ0v) is 13.0. The van der Waals surface area contributed by atoms with Crippen LogP contribution < -0.4 is 5.32 Å². The number of carbonyl (C=O) groups excluding carboxylic acids is 2. The van der Waals surface area contributed by atoms with Gasteiger partial charge in [-0.3, -0.25) is 9.59 Å². The van der Waals surface area contributed by atoms with Gasteiger partial charge in [-0.25, -0.2) is 0 Å². The molecule has 0 aromatic carbocycles. The molecule has 0 aromatic heterocycles. The molecule has 3 nitrogen and oxygen atoms in total. The van der Waals surface area contributed by atoms with Crippen LogP contribution >= 0.6 is 11.8 Å². The van der Waals surface area contributed by atoms with E-state index < -0.39 is 5.54 Å². The van der Waals surface area contributed by atoms with Crippen LogP contribution in [0, 0.1) is 0 Å². The molecule has 1 aliphatic rings. The predicted octanol–water partition coefficient (Wildman–Crippen LogP) is 2.30. The largest absolute Gasteiger partial charge is 0.343 e. The number of hydrogen-bond donors (Lipinski definition) is 1. The molecule has 1 aliphatic heterocycles. The molecule has 5 heteroatoms. The van der Waals surface area contributed by atoms with Gasteiger partial charge in [0.15, 0.2) is 5.78 Å². The first kappa shape index (κ1) is 15.6. The Bertz CT molecular complexity index is 357. The van der Waals surface area contributed by atoms with Crippen molar-refractivity contribution in [3.05, 3.63) is 0 Å². The van der Waals surface area contributed by atoms with Gasteiger partial charge in [-0.05, 0) is 17.5 Å². The molecule has 0 saturated carbocycles. The van der Waals surface area contributed by atoms with Crippen molar-refractivity contribution in [3.8, 4) is 0 Å². The Kier molecular flexibility index (Phi) is 4.58. The first-order valence-corrected chi connectivity index (χ1v) is 7.39. The van der Waals surface area contributed by atoms with E-state index in [-0.39, 0.29) is 22.3 Å². The number of amides is 1. The molecule has 0 spiro atoms. The first-order chi connectivity index (χ1) is 8.14. The van der Waals surface area contributed by atoms with E-state index in [0.717, 1.165) is 0 Å². The highest BCUT2D eigenvalue weighted by molar-refractivity contribution is 8.01. The van der Waals surface area contributed by atoms with Gasteiger partial charge in [-0.1, -0.05) is 34.5 Å². The Labute approximate surface area is 115 Å². The smallest absolute Gasteiger partial charge is 0.234 e. The molecule has 2 unspecified atom stereocenters. The summed E-state index contributed by atoms with van der Waals surface area (Å²) in [6.45, 7) is 11.8. The topological polar surface area (TPSA) is 46.2 Å². The number of ketones is 1. The Balaban J connectivity index is 2.92. The molecule has 1 amide bonds. The lowest BCUT2D eigenvalue weighted by atomic mass is 9.46. The molecule has 18 heavy (non-hydrogen) atoms. The van der Waals surface area contributed by atoms with Crippen molar-refractivity contribution in [2.45, 2.75) is 69.2 Å². The third kappa shape index (κ3) is 2.76. The predicted molar refractivity (Wildman–Crippen MR) is 78.3 cm³/mol. The van der Waals surface area contributed by atoms with E-state index in [1.165, 1.54) is 0 Å². The number of thioether (sulfide) groups is 1. The molecule has 1 heterocycles. The second kappa shape index (κ2) is 5.28. The average molecular weight is 268 g/mol. The number of piperidine rings is 1. The van der Waals surface area contributed by atoms with Crippen LogP contribution in [0.1, 0.15) is 41.0 Å². The number of rotatable bonds is 4. The summed E-state index contributed by atoms with van der Waals surface area (Å²) in [5, 5.41) is 2.72. The summed E-state index contributed by atoms with van der Waals surface area (Å²) in [6, 6.07) is 0. The molecule has 1 radical (unpaired) electrons. The van der Waals surface area contributed by atoms with Crippen LogP contribution in [0.2, 0.25) is 12.1 Å². The fourth-order valence-electron chi connectivity index (χ4n) is 2.11. The summed E-state index contributed by atoms with van der Waals surface area (Å²) in [6.07, 6.45) is 0.336. The fraction of sp³-hybridized carbons (Fsp3) is 0.846. The Morgan fingerprint density at radius 3 is 2.44 bits per heavy atom. The molecule has 0 aromatic rings. The minimum atomic E-state index is -0.785. The highest BCUT2D eigenvalue weighted by Crippen LogP contribution is 2.42. The number of hydrogen-bond acceptors (Lipinski definition) is 3. The first-order valence-electron chi connectivity index (χ1n) is 6.45. The van der Waals surface area contributed by atoms with Gasteiger partial charge in [0, 0.05) is 6.42 Å². The minimum Gasteiger partial charge on any atom is -0.343 e. The quantitative estimate of drug-likeness (QED) is 0.796. The third-order valence-corrected chi connectivity index (χ3v) is 5.29. The Morgan fingerprint density at radius 1 is 1.44 bits per heavy atom. The summed E-state index contributed by atoms with van der Waals surface area (Å²) in [7, 11) is 1.99. The average Bonchev–Trinajstić information content (AvgIpc) is 2.25. The second-order valence-electron chi connectivity index (χ2n) is 5.93. The van der Waals surface area contributed by atoms with Gasteiger partial charge in [0.2, 0.25) is 5.91 Å². The summed E-state index contributed by atoms with van der Waals surface area (Å²) < 4.78 is 0. The van der Waals surface area contributed by atoms with E-state index in [0.29, 0.717) is 11.7 Å². The number of carbonyl (C=O) groups is 2. The Hall–Kier alpha value is -0.445. The third-order valence-electron chi connectivity index (χ3n) is 4.04. The molecule has 1 N–H and O–H groups in total. The fourth-order valence-corrected chi connectivity index (χ4v) is 3.20. The maximum atomic E-state index is 12.4. The van der Waals surface area contributed by atoms with Gasteiger partial charge in [0.1, 0.15) is 7.28 Å². The SMILES string of the molecule is C[B]C(C)(C)C1(C)NC(=O)C(SC(C)C)CC1=O. The van der Waals surface area contributed by atoms with Crippen molar-refractivity contribution in [1.29, 1.82) is 0 Å². The normalized spacial score (nSPS) is 29.4. The molecule has 1 saturated heterocycles. The summed E-state index contributed by atoms with van der Waals surface area (Å²) >= 11 is 1.56. The molecule has 1 fully saturated rings. The zero-order chi connectivity index (χ0) is 14.1. The van der Waals surface area contributed by atoms with E-state index in [1.807, 2.05) is 48.7 Å². The van der Waals surface area contributed by atoms with Crippen molar-refractivity contribution >= 4 is 30.7 Å². The molecule has 1 rings (SSSR count). The number of Topliss-reactive ketones (excluding diaryl/α,β-unsaturated/α-hetero) is 1. The van der Waals surface area contributed by atoms with Gasteiger partial charge in [-0.15, -0.1) is 11.8 Å². The molecular formula is C13H23BNO2S. The standard InChI is InChI=1S/C13H23BNO2S/c1-8(2)18-9-7-10(16)13(5,15-11(9)17)12(3,4)14-6/h8-9H,7H2,1-6H3,(H,15,17). The van der Waals surface area contributed by atoms with E-state index >= 15 is 0 Å². The maximum Gasteiger partial charge on any atom is 0.234 e. The zero-order valence-electron chi connectivity index (χ0n) is 12.2. The van der Waals surface area contributed by atoms with Gasteiger partial charge in [0.05, 0.1) is 10.8 Å². The molecule has 2 atom stereocenters. The van der Waals surface area contributed by atoms with Gasteiger partial charge in [-0.2, -0.15) is 0 Å². The highest BCUT2D eigenvalue weighted by Gasteiger charge is 2.51. The van der Waals surface area contributed by atoms with Crippen LogP contribution in [0.5, 0.6) is 0 Å². The Morgan fingerprint density at radius 2 is 2.00 bits per heavy atom. The lowest BCUT2D eigenvalue weighted by Crippen LogP contribution is -2.65. The molecular weight excluding hydrogens is 245 g/mol. The van der Waals surface area contributed by atoms with Crippen molar-refractivity contribution < 1.29 is 9.59 Å². The van der Waals surface area contributed by atoms with E-state index in [2.05, 4.69) is 5.32 Å². The number of nitrogens with one attached hydrogen (secondary N) is 1. The van der Waals surface area contributed by atoms with Crippen LogP contribution in [0.25, 0.3) is 0 Å². The van der Waals surface area contributed by atoms with E-state index in [9.17, 15) is 9.59 Å². The van der Waals surface area contributed by atoms with Gasteiger partial charge in [0.25, 0.3) is 0 Å². The second-order valence-corrected chi connectivity index (χ2v) is 7.71. The summed E-state index contributed by atoms with van der Waals surface area (Å²) in [5.41, 5.74) is -0.785. The summed E-state index contributed by atoms with van der Waals surface area (Å²) in [4.78, 5) is 24.6.